The van der Waals surface area contributed by atoms with E-state index < -0.39 is 57.5 Å². The van der Waals surface area contributed by atoms with E-state index in [0.29, 0.717) is 68.2 Å². The Morgan fingerprint density at radius 1 is 0.570 bits per heavy atom. The van der Waals surface area contributed by atoms with Crippen molar-refractivity contribution in [3.63, 3.8) is 0 Å². The second kappa shape index (κ2) is 47.2. The largest absolute Gasteiger partial charge is 0.416 e. The van der Waals surface area contributed by atoms with E-state index >= 15 is 0 Å². The number of thiol groups is 1. The lowest BCUT2D eigenvalue weighted by molar-refractivity contribution is 0.117. The molecule has 3 fully saturated rings. The fourth-order valence-corrected chi connectivity index (χ4v) is 17.2. The van der Waals surface area contributed by atoms with Crippen LogP contribution in [0.2, 0.25) is 36.3 Å². The number of nitrogens with zero attached hydrogens (tertiary/aromatic N) is 7. The molecule has 0 atom stereocenters. The second-order valence-corrected chi connectivity index (χ2v) is 51.0. The summed E-state index contributed by atoms with van der Waals surface area (Å²) in [6.07, 6.45) is 0. The van der Waals surface area contributed by atoms with Gasteiger partial charge in [-0.2, -0.15) is 58.6 Å². The molecule has 0 unspecified atom stereocenters. The molecule has 578 valence electrons. The van der Waals surface area contributed by atoms with E-state index in [2.05, 4.69) is 196 Å². The van der Waals surface area contributed by atoms with Crippen molar-refractivity contribution in [1.82, 2.24) is 13.9 Å². The fourth-order valence-electron chi connectivity index (χ4n) is 7.96. The number of thioether (sulfide) groups is 1. The van der Waals surface area contributed by atoms with Gasteiger partial charge >= 0.3 is 0 Å². The average Bonchev–Trinajstić information content (AvgIpc) is 0.772. The molecule has 0 spiro atoms. The summed E-state index contributed by atoms with van der Waals surface area (Å²) in [5.41, 5.74) is 3.68. The number of halogens is 8. The van der Waals surface area contributed by atoms with Crippen molar-refractivity contribution in [1.29, 1.82) is 26.3 Å². The van der Waals surface area contributed by atoms with Gasteiger partial charge in [-0.1, -0.05) is 209 Å². The molecule has 0 saturated carbocycles. The highest BCUT2D eigenvalue weighted by molar-refractivity contribution is 9.11. The van der Waals surface area contributed by atoms with Gasteiger partial charge in [-0.3, -0.25) is 0 Å². The SMILES string of the molecule is CC(C)(C)[Si](C)(C)Cl.CC(C)(C)[Si](C)(C)OCC1CN(S(=O)(=O)c2cc(Br)ccc2C#N)C1.N#Cc1ccc(Br)cc1F.N#Cc1ccc(Br)cc1S(=O)(=O)Cl.N#Cc1ccc(Br)cc1S(=O)(=O)N1CC(CO)C1.N#Cc1ccc(Br)cc1SCc1ccccc1.OCC1CNC1.SCc1ccccc1.[2H]C([2H])C. The van der Waals surface area contributed by atoms with Gasteiger partial charge in [0.1, 0.15) is 50.8 Å². The van der Waals surface area contributed by atoms with Gasteiger partial charge in [0.25, 0.3) is 9.05 Å². The van der Waals surface area contributed by atoms with Crippen LogP contribution in [-0.2, 0) is 45.0 Å². The molecule has 7 aromatic rings. The number of benzene rings is 7. The zero-order valence-corrected chi connectivity index (χ0v) is 76.6. The van der Waals surface area contributed by atoms with Gasteiger partial charge < -0.3 is 20.0 Å². The van der Waals surface area contributed by atoms with E-state index in [4.69, 9.17) is 60.2 Å². The molecule has 7 aromatic carbocycles. The fraction of sp³-hybridized carbons (Fsp3) is 0.373. The van der Waals surface area contributed by atoms with Gasteiger partial charge in [0.15, 0.2) is 15.7 Å². The third-order valence-electron chi connectivity index (χ3n) is 16.6. The molecule has 0 bridgehead atoms. The highest BCUT2D eigenvalue weighted by Gasteiger charge is 2.42. The van der Waals surface area contributed by atoms with Crippen LogP contribution in [0.15, 0.2) is 194 Å². The molecule has 3 saturated heterocycles. The van der Waals surface area contributed by atoms with Crippen molar-refractivity contribution in [3.8, 4) is 30.3 Å². The van der Waals surface area contributed by atoms with E-state index in [1.165, 1.54) is 75.2 Å². The number of sulfonamides is 2. The van der Waals surface area contributed by atoms with Crippen LogP contribution in [0.5, 0.6) is 0 Å². The van der Waals surface area contributed by atoms with Crippen molar-refractivity contribution < 1.29 is 47.0 Å². The molecule has 3 aliphatic rings. The van der Waals surface area contributed by atoms with Crippen LogP contribution in [0.25, 0.3) is 0 Å². The predicted molar refractivity (Wildman–Crippen MR) is 455 cm³/mol. The molecule has 0 aromatic heterocycles. The zero-order valence-electron chi connectivity index (χ0n) is 63.0. The van der Waals surface area contributed by atoms with Crippen molar-refractivity contribution in [2.75, 3.05) is 59.1 Å². The number of hydrogen-bond acceptors (Lipinski definition) is 17. The summed E-state index contributed by atoms with van der Waals surface area (Å²) in [5, 5.41) is 64.8. The quantitative estimate of drug-likeness (QED) is 0.0259. The van der Waals surface area contributed by atoms with Crippen LogP contribution in [0, 0.1) is 80.2 Å². The number of nitriles is 5. The molecular formula is C75H90Br5Cl2FN8O9S5Si2. The van der Waals surface area contributed by atoms with E-state index in [1.54, 1.807) is 48.2 Å². The monoisotopic (exact) mass is 1950 g/mol. The summed E-state index contributed by atoms with van der Waals surface area (Å²) in [4.78, 5) is 0.917. The smallest absolute Gasteiger partial charge is 0.262 e. The molecule has 3 N–H and O–H groups in total. The average molecular weight is 1960 g/mol. The Bertz CT molecular complexity index is 4640. The second-order valence-electron chi connectivity index (χ2n) is 26.7. The Labute approximate surface area is 699 Å². The Morgan fingerprint density at radius 2 is 0.916 bits per heavy atom. The lowest BCUT2D eigenvalue weighted by Crippen LogP contribution is -2.53. The normalized spacial score (nSPS) is 14.0. The minimum absolute atomic E-state index is 0.00235. The maximum atomic E-state index is 12.8. The Hall–Kier alpha value is -4.36. The molecule has 3 heterocycles. The first-order valence-electron chi connectivity index (χ1n) is 33.9. The van der Waals surface area contributed by atoms with Gasteiger partial charge in [-0.15, -0.1) is 11.8 Å². The van der Waals surface area contributed by atoms with Crippen molar-refractivity contribution in [2.24, 2.45) is 17.8 Å². The summed E-state index contributed by atoms with van der Waals surface area (Å²) in [7, 11) is -9.23. The molecule has 10 rings (SSSR count). The van der Waals surface area contributed by atoms with Crippen molar-refractivity contribution in [2.45, 2.75) is 123 Å². The molecule has 0 radical (unpaired) electrons. The van der Waals surface area contributed by atoms with Gasteiger partial charge in [0.2, 0.25) is 20.0 Å². The summed E-state index contributed by atoms with van der Waals surface area (Å²) >= 11 is 28.0. The highest BCUT2D eigenvalue weighted by atomic mass is 79.9. The number of hydrogen-bond donors (Lipinski definition) is 4. The zero-order chi connectivity index (χ0) is 82.9. The molecule has 0 aliphatic carbocycles. The molecule has 0 amide bonds. The predicted octanol–water partition coefficient (Wildman–Crippen LogP) is 19.8. The Morgan fingerprint density at radius 3 is 1.23 bits per heavy atom. The van der Waals surface area contributed by atoms with E-state index in [-0.39, 0.29) is 60.4 Å². The van der Waals surface area contributed by atoms with Crippen LogP contribution in [0.4, 0.5) is 4.39 Å². The van der Waals surface area contributed by atoms with Crippen LogP contribution in [0.1, 0.15) is 97.0 Å². The van der Waals surface area contributed by atoms with E-state index in [0.717, 1.165) is 39.5 Å². The minimum atomic E-state index is -3.85. The first-order valence-corrected chi connectivity index (χ1v) is 50.4. The van der Waals surface area contributed by atoms with Crippen molar-refractivity contribution in [3.05, 3.63) is 219 Å². The van der Waals surface area contributed by atoms with Crippen LogP contribution < -0.4 is 5.32 Å². The third-order valence-corrected chi connectivity index (χ3v) is 35.4. The maximum absolute atomic E-state index is 12.8. The van der Waals surface area contributed by atoms with E-state index in [9.17, 15) is 34.9 Å². The highest BCUT2D eigenvalue weighted by Crippen LogP contribution is 2.40. The first-order chi connectivity index (χ1) is 50.7. The molecular weight excluding hydrogens is 1860 g/mol. The summed E-state index contributed by atoms with van der Waals surface area (Å²) in [6.45, 7) is 27.2. The Kier molecular flexibility index (Phi) is 41.9. The van der Waals surface area contributed by atoms with Gasteiger partial charge in [0.05, 0.1) is 27.8 Å². The summed E-state index contributed by atoms with van der Waals surface area (Å²) < 4.78 is 109. The summed E-state index contributed by atoms with van der Waals surface area (Å²) in [6, 6.07) is 53.5. The first kappa shape index (κ1) is 95.0. The number of aliphatic hydroxyl groups is 2. The van der Waals surface area contributed by atoms with Crippen LogP contribution in [0.3, 0.4) is 0 Å². The van der Waals surface area contributed by atoms with Crippen LogP contribution in [-0.4, -0.2) is 119 Å². The Balaban J connectivity index is 0.000000435. The van der Waals surface area contributed by atoms with Gasteiger partial charge in [-0.05, 0) is 125 Å². The molecule has 3 aliphatic heterocycles. The number of nitrogens with one attached hydrogen (secondary N) is 1. The van der Waals surface area contributed by atoms with Crippen LogP contribution >= 0.6 is 126 Å². The minimum Gasteiger partial charge on any atom is -0.416 e. The molecule has 17 nitrogen and oxygen atoms in total. The lowest BCUT2D eigenvalue weighted by atomic mass is 10.1. The number of rotatable bonds is 14. The van der Waals surface area contributed by atoms with E-state index in [1.807, 2.05) is 66.7 Å². The van der Waals surface area contributed by atoms with Gasteiger partial charge in [0, 0.05) is 129 Å². The maximum Gasteiger partial charge on any atom is 0.262 e. The summed E-state index contributed by atoms with van der Waals surface area (Å²) in [5.74, 6) is 1.99. The standard InChI is InChI=1S/C17H25BrN2O3SSi.C14H10BrNS.C11H11BrN2O3S.C7H3BrClNO2S.C7H3BrFN.C7H8S.C6H15ClSi.C4H9NO.C2H6/c1-17(2,3)25(4,5)23-12-13-10-20(11-13)24(21,22)16-8-15(18)7-6-14(16)9-19;15-13-7-6-12(9-16)14(8-13)17-10-11-4-2-1-3-5-11;12-10-2-1-9(4-13)11(3-10)18(16,17)14-5-8(6-14)7-15;8-6-2-1-5(4-10)7(3-6)13(9,11)12;8-6-2-1-5(4-10)7(9)3-6;8-6-7-4-2-1-3-5-7;1-6(2,3)8(4,5)7;6-3-4-1-5-2-4;1-2/h6-8,13H,10-12H2,1-5H3;1-8H,10H2;1-3,8,15H,5-7H2;1-3H;1-3H;1-5,8H,6H2;1-5H3;4-6H,1-3H2;1-2H3/i;;;;;;;;1D2. The molecule has 32 heteroatoms. The van der Waals surface area contributed by atoms with Crippen molar-refractivity contribution >= 4 is 171 Å². The topological polar surface area (TPSA) is 290 Å². The molecule has 107 heavy (non-hydrogen) atoms. The number of aliphatic hydroxyl groups excluding tert-OH is 2. The van der Waals surface area contributed by atoms with Gasteiger partial charge in [-0.25, -0.2) is 29.6 Å². The lowest BCUT2D eigenvalue weighted by Gasteiger charge is -2.42. The third kappa shape index (κ3) is 33.5.